The first kappa shape index (κ1) is 16.4. The van der Waals surface area contributed by atoms with Crippen molar-refractivity contribution in [2.24, 2.45) is 11.7 Å². The van der Waals surface area contributed by atoms with Crippen molar-refractivity contribution in [3.05, 3.63) is 0 Å². The van der Waals surface area contributed by atoms with Gasteiger partial charge in [0.15, 0.2) is 0 Å². The zero-order chi connectivity index (χ0) is 15.3. The van der Waals surface area contributed by atoms with E-state index in [0.717, 1.165) is 6.42 Å². The molecule has 0 aliphatic carbocycles. The topological polar surface area (TPSA) is 102 Å². The summed E-state index contributed by atoms with van der Waals surface area (Å²) in [4.78, 5) is 36.7. The third-order valence-electron chi connectivity index (χ3n) is 3.48. The molecular weight excluding hydrogens is 262 g/mol. The minimum atomic E-state index is -0.641. The van der Waals surface area contributed by atoms with Crippen molar-refractivity contribution in [2.45, 2.75) is 38.8 Å². The van der Waals surface area contributed by atoms with E-state index >= 15 is 0 Å². The van der Waals surface area contributed by atoms with Crippen LogP contribution in [0.3, 0.4) is 0 Å². The van der Waals surface area contributed by atoms with E-state index < -0.39 is 18.1 Å². The molecule has 1 saturated heterocycles. The van der Waals surface area contributed by atoms with E-state index in [0.29, 0.717) is 13.0 Å². The number of ether oxygens (including phenoxy) is 1. The number of nitrogens with one attached hydrogen (secondary N) is 1. The summed E-state index contributed by atoms with van der Waals surface area (Å²) in [7, 11) is 1.30. The predicted molar refractivity (Wildman–Crippen MR) is 72.6 cm³/mol. The number of rotatable bonds is 5. The van der Waals surface area contributed by atoms with E-state index in [1.807, 2.05) is 13.8 Å². The normalized spacial score (nSPS) is 19.9. The van der Waals surface area contributed by atoms with Gasteiger partial charge in [0.2, 0.25) is 11.8 Å². The Morgan fingerprint density at radius 2 is 2.05 bits per heavy atom. The highest BCUT2D eigenvalue weighted by Crippen LogP contribution is 2.18. The van der Waals surface area contributed by atoms with E-state index in [1.54, 1.807) is 0 Å². The van der Waals surface area contributed by atoms with Crippen LogP contribution in [0.15, 0.2) is 0 Å². The second-order valence-corrected chi connectivity index (χ2v) is 5.26. The lowest BCUT2D eigenvalue weighted by Gasteiger charge is -2.23. The van der Waals surface area contributed by atoms with Crippen LogP contribution < -0.4 is 11.1 Å². The number of hydrogen-bond donors (Lipinski definition) is 2. The van der Waals surface area contributed by atoms with Crippen LogP contribution in [0, 0.1) is 5.92 Å². The fourth-order valence-electron chi connectivity index (χ4n) is 2.13. The van der Waals surface area contributed by atoms with Gasteiger partial charge in [0.25, 0.3) is 0 Å². The summed E-state index contributed by atoms with van der Waals surface area (Å²) >= 11 is 0. The molecule has 0 radical (unpaired) electrons. The van der Waals surface area contributed by atoms with E-state index in [1.165, 1.54) is 12.0 Å². The van der Waals surface area contributed by atoms with Crippen LogP contribution in [0.4, 0.5) is 0 Å². The molecule has 0 aromatic carbocycles. The second kappa shape index (κ2) is 7.23. The highest BCUT2D eigenvalue weighted by atomic mass is 16.5. The number of carbonyl (C=O) groups is 3. The third kappa shape index (κ3) is 3.93. The third-order valence-corrected chi connectivity index (χ3v) is 3.48. The molecule has 7 nitrogen and oxygen atoms in total. The molecule has 2 amide bonds. The van der Waals surface area contributed by atoms with Gasteiger partial charge >= 0.3 is 5.97 Å². The smallest absolute Gasteiger partial charge is 0.328 e. The Hall–Kier alpha value is -1.63. The predicted octanol–water partition coefficient (Wildman–Crippen LogP) is -0.750. The lowest BCUT2D eigenvalue weighted by molar-refractivity contribution is -0.150. The van der Waals surface area contributed by atoms with Crippen molar-refractivity contribution in [2.75, 3.05) is 20.2 Å². The molecule has 0 spiro atoms. The van der Waals surface area contributed by atoms with Crippen molar-refractivity contribution in [3.63, 3.8) is 0 Å². The SMILES string of the molecule is COC(=O)C1CCCN1C(=O)CNC(=O)[C@@H](N)C(C)C. The van der Waals surface area contributed by atoms with E-state index in [-0.39, 0.29) is 24.3 Å². The number of esters is 1. The molecule has 1 unspecified atom stereocenters. The Morgan fingerprint density at radius 3 is 2.60 bits per heavy atom. The molecule has 0 aromatic rings. The Balaban J connectivity index is 2.50. The maximum Gasteiger partial charge on any atom is 0.328 e. The number of methoxy groups -OCH3 is 1. The zero-order valence-electron chi connectivity index (χ0n) is 12.2. The number of carbonyl (C=O) groups excluding carboxylic acids is 3. The van der Waals surface area contributed by atoms with Gasteiger partial charge in [-0.15, -0.1) is 0 Å². The number of hydrogen-bond acceptors (Lipinski definition) is 5. The van der Waals surface area contributed by atoms with Crippen LogP contribution >= 0.6 is 0 Å². The summed E-state index contributed by atoms with van der Waals surface area (Å²) in [5.74, 6) is -1.06. The van der Waals surface area contributed by atoms with Gasteiger partial charge in [-0.05, 0) is 18.8 Å². The van der Waals surface area contributed by atoms with Crippen molar-refractivity contribution in [1.82, 2.24) is 10.2 Å². The summed E-state index contributed by atoms with van der Waals surface area (Å²) in [6.07, 6.45) is 1.35. The summed E-state index contributed by atoms with van der Waals surface area (Å²) in [6.45, 7) is 4.02. The molecule has 7 heteroatoms. The first-order valence-corrected chi connectivity index (χ1v) is 6.79. The standard InChI is InChI=1S/C13H23N3O4/c1-8(2)11(14)12(18)15-7-10(17)16-6-4-5-9(16)13(19)20-3/h8-9,11H,4-7,14H2,1-3H3,(H,15,18)/t9?,11-/m0/s1. The number of amides is 2. The number of nitrogens with two attached hydrogens (primary N) is 1. The second-order valence-electron chi connectivity index (χ2n) is 5.26. The molecule has 0 saturated carbocycles. The van der Waals surface area contributed by atoms with Gasteiger partial charge in [-0.3, -0.25) is 9.59 Å². The van der Waals surface area contributed by atoms with Crippen molar-refractivity contribution in [1.29, 1.82) is 0 Å². The average Bonchev–Trinajstić information content (AvgIpc) is 2.91. The lowest BCUT2D eigenvalue weighted by Crippen LogP contribution is -2.49. The molecule has 1 rings (SSSR count). The van der Waals surface area contributed by atoms with Gasteiger partial charge < -0.3 is 20.7 Å². The monoisotopic (exact) mass is 285 g/mol. The molecule has 1 fully saturated rings. The molecule has 1 heterocycles. The average molecular weight is 285 g/mol. The Morgan fingerprint density at radius 1 is 1.40 bits per heavy atom. The molecule has 114 valence electrons. The number of likely N-dealkylation sites (tertiary alicyclic amines) is 1. The first-order chi connectivity index (χ1) is 9.38. The number of nitrogens with zero attached hydrogens (tertiary/aromatic N) is 1. The Bertz CT molecular complexity index is 384. The summed E-state index contributed by atoms with van der Waals surface area (Å²) in [5, 5.41) is 2.51. The minimum Gasteiger partial charge on any atom is -0.467 e. The van der Waals surface area contributed by atoms with Crippen LogP contribution in [0.2, 0.25) is 0 Å². The van der Waals surface area contributed by atoms with Gasteiger partial charge in [-0.25, -0.2) is 4.79 Å². The Kier molecular flexibility index (Phi) is 5.94. The van der Waals surface area contributed by atoms with E-state index in [2.05, 4.69) is 10.1 Å². The fourth-order valence-corrected chi connectivity index (χ4v) is 2.13. The molecule has 3 N–H and O–H groups in total. The minimum absolute atomic E-state index is 0.000272. The first-order valence-electron chi connectivity index (χ1n) is 6.79. The van der Waals surface area contributed by atoms with Gasteiger partial charge in [-0.1, -0.05) is 13.8 Å². The quantitative estimate of drug-likeness (QED) is 0.647. The molecule has 2 atom stereocenters. The Labute approximate surface area is 118 Å². The molecule has 0 aromatic heterocycles. The fraction of sp³-hybridized carbons (Fsp3) is 0.769. The van der Waals surface area contributed by atoms with Gasteiger partial charge in [-0.2, -0.15) is 0 Å². The summed E-state index contributed by atoms with van der Waals surface area (Å²) < 4.78 is 4.67. The van der Waals surface area contributed by atoms with E-state index in [4.69, 9.17) is 5.73 Å². The van der Waals surface area contributed by atoms with Gasteiger partial charge in [0.1, 0.15) is 6.04 Å². The van der Waals surface area contributed by atoms with Crippen LogP contribution in [-0.4, -0.2) is 55.0 Å². The van der Waals surface area contributed by atoms with Crippen molar-refractivity contribution < 1.29 is 19.1 Å². The largest absolute Gasteiger partial charge is 0.467 e. The molecular formula is C13H23N3O4. The van der Waals surface area contributed by atoms with Crippen LogP contribution in [0.25, 0.3) is 0 Å². The lowest BCUT2D eigenvalue weighted by atomic mass is 10.1. The maximum absolute atomic E-state index is 12.0. The molecule has 20 heavy (non-hydrogen) atoms. The summed E-state index contributed by atoms with van der Waals surface area (Å²) in [5.41, 5.74) is 5.69. The van der Waals surface area contributed by atoms with Crippen LogP contribution in [0.5, 0.6) is 0 Å². The highest BCUT2D eigenvalue weighted by molar-refractivity contribution is 5.90. The van der Waals surface area contributed by atoms with Gasteiger partial charge in [0.05, 0.1) is 19.7 Å². The summed E-state index contributed by atoms with van der Waals surface area (Å²) in [6, 6.07) is -1.18. The molecule has 1 aliphatic rings. The van der Waals surface area contributed by atoms with Crippen molar-refractivity contribution in [3.8, 4) is 0 Å². The van der Waals surface area contributed by atoms with Crippen LogP contribution in [0.1, 0.15) is 26.7 Å². The van der Waals surface area contributed by atoms with E-state index in [9.17, 15) is 14.4 Å². The highest BCUT2D eigenvalue weighted by Gasteiger charge is 2.34. The molecule has 1 aliphatic heterocycles. The molecule has 0 bridgehead atoms. The maximum atomic E-state index is 12.0. The zero-order valence-corrected chi connectivity index (χ0v) is 12.2. The van der Waals surface area contributed by atoms with Gasteiger partial charge in [0, 0.05) is 6.54 Å². The van der Waals surface area contributed by atoms with Crippen molar-refractivity contribution >= 4 is 17.8 Å². The van der Waals surface area contributed by atoms with Crippen LogP contribution in [-0.2, 0) is 19.1 Å².